The van der Waals surface area contributed by atoms with Crippen molar-refractivity contribution in [2.45, 2.75) is 32.9 Å². The van der Waals surface area contributed by atoms with Crippen LogP contribution in [0.4, 0.5) is 0 Å². The molecule has 1 aromatic heterocycles. The molecule has 2 rings (SSSR count). The Balaban J connectivity index is 2.22. The van der Waals surface area contributed by atoms with Crippen LogP contribution in [0.2, 0.25) is 0 Å². The average molecular weight is 259 g/mol. The number of para-hydroxylation sites is 1. The molecule has 1 unspecified atom stereocenters. The topological polar surface area (TPSA) is 39.1 Å². The summed E-state index contributed by atoms with van der Waals surface area (Å²) in [6.07, 6.45) is 3.67. The predicted molar refractivity (Wildman–Crippen MR) is 76.6 cm³/mol. The molecule has 4 heteroatoms. The summed E-state index contributed by atoms with van der Waals surface area (Å²) in [4.78, 5) is 0. The van der Waals surface area contributed by atoms with Crippen LogP contribution in [0, 0.1) is 0 Å². The van der Waals surface area contributed by atoms with E-state index in [-0.39, 0.29) is 6.04 Å². The Morgan fingerprint density at radius 2 is 1.95 bits per heavy atom. The zero-order valence-corrected chi connectivity index (χ0v) is 11.9. The lowest BCUT2D eigenvalue weighted by Crippen LogP contribution is -2.13. The number of ether oxygens (including phenoxy) is 1. The van der Waals surface area contributed by atoms with Crippen LogP contribution in [0.3, 0.4) is 0 Å². The lowest BCUT2D eigenvalue weighted by Gasteiger charge is -2.15. The monoisotopic (exact) mass is 259 g/mol. The van der Waals surface area contributed by atoms with Gasteiger partial charge in [0, 0.05) is 17.6 Å². The second-order valence-corrected chi connectivity index (χ2v) is 4.90. The summed E-state index contributed by atoms with van der Waals surface area (Å²) in [7, 11) is 1.94. The zero-order chi connectivity index (χ0) is 13.8. The van der Waals surface area contributed by atoms with Crippen molar-refractivity contribution < 1.29 is 4.74 Å². The molecule has 0 spiro atoms. The van der Waals surface area contributed by atoms with E-state index in [9.17, 15) is 0 Å². The minimum absolute atomic E-state index is 0.247. The van der Waals surface area contributed by atoms with Crippen molar-refractivity contribution in [3.63, 3.8) is 0 Å². The predicted octanol–water partition coefficient (Wildman–Crippen LogP) is 3.54. The molecule has 102 valence electrons. The van der Waals surface area contributed by atoms with Gasteiger partial charge in [-0.1, -0.05) is 18.2 Å². The van der Waals surface area contributed by atoms with Crippen LogP contribution in [0.15, 0.2) is 36.7 Å². The van der Waals surface area contributed by atoms with Crippen LogP contribution in [0.1, 0.15) is 38.4 Å². The highest BCUT2D eigenvalue weighted by Gasteiger charge is 2.11. The van der Waals surface area contributed by atoms with E-state index >= 15 is 0 Å². The van der Waals surface area contributed by atoms with E-state index in [1.165, 1.54) is 0 Å². The molecule has 0 aliphatic carbocycles. The molecule has 0 saturated heterocycles. The highest BCUT2D eigenvalue weighted by Crippen LogP contribution is 2.29. The minimum atomic E-state index is 0.247. The van der Waals surface area contributed by atoms with Gasteiger partial charge in [0.05, 0.1) is 12.4 Å². The van der Waals surface area contributed by atoms with Gasteiger partial charge in [0.25, 0.3) is 0 Å². The van der Waals surface area contributed by atoms with Crippen molar-refractivity contribution in [2.75, 3.05) is 7.05 Å². The molecule has 0 radical (unpaired) electrons. The quantitative estimate of drug-likeness (QED) is 0.892. The number of nitrogens with one attached hydrogen (secondary N) is 1. The largest absolute Gasteiger partial charge is 0.454 e. The Hall–Kier alpha value is -1.81. The Labute approximate surface area is 114 Å². The molecular weight excluding hydrogens is 238 g/mol. The van der Waals surface area contributed by atoms with E-state index in [1.54, 1.807) is 6.20 Å². The third kappa shape index (κ3) is 3.15. The van der Waals surface area contributed by atoms with Crippen molar-refractivity contribution >= 4 is 0 Å². The first-order valence-electron chi connectivity index (χ1n) is 6.60. The lowest BCUT2D eigenvalue weighted by molar-refractivity contribution is 0.462. The van der Waals surface area contributed by atoms with Gasteiger partial charge in [-0.25, -0.2) is 0 Å². The molecule has 0 fully saturated rings. The first-order valence-corrected chi connectivity index (χ1v) is 6.60. The van der Waals surface area contributed by atoms with Crippen LogP contribution >= 0.6 is 0 Å². The third-order valence-corrected chi connectivity index (χ3v) is 3.15. The fourth-order valence-electron chi connectivity index (χ4n) is 1.87. The maximum Gasteiger partial charge on any atom is 0.165 e. The van der Waals surface area contributed by atoms with Crippen LogP contribution < -0.4 is 10.1 Å². The number of aromatic nitrogens is 2. The normalized spacial score (nSPS) is 12.7. The van der Waals surface area contributed by atoms with Crippen LogP contribution in [-0.2, 0) is 0 Å². The standard InChI is InChI=1S/C15H21N3O/c1-11(2)18-10-13(9-17-18)19-15-8-6-5-7-14(15)12(3)16-4/h5-12,16H,1-4H3. The number of hydrogen-bond acceptors (Lipinski definition) is 3. The van der Waals surface area contributed by atoms with Crippen molar-refractivity contribution in [3.8, 4) is 11.5 Å². The van der Waals surface area contributed by atoms with E-state index in [1.807, 2.05) is 36.1 Å². The fourth-order valence-corrected chi connectivity index (χ4v) is 1.87. The van der Waals surface area contributed by atoms with E-state index in [0.717, 1.165) is 17.1 Å². The van der Waals surface area contributed by atoms with Crippen molar-refractivity contribution in [1.29, 1.82) is 0 Å². The summed E-state index contributed by atoms with van der Waals surface area (Å²) in [6, 6.07) is 8.64. The smallest absolute Gasteiger partial charge is 0.165 e. The van der Waals surface area contributed by atoms with E-state index in [0.29, 0.717) is 6.04 Å². The summed E-state index contributed by atoms with van der Waals surface area (Å²) in [6.45, 7) is 6.29. The number of nitrogens with zero attached hydrogens (tertiary/aromatic N) is 2. The number of rotatable bonds is 5. The number of benzene rings is 1. The first kappa shape index (κ1) is 13.6. The molecule has 0 amide bonds. The highest BCUT2D eigenvalue weighted by molar-refractivity contribution is 5.38. The molecule has 4 nitrogen and oxygen atoms in total. The molecule has 0 bridgehead atoms. The van der Waals surface area contributed by atoms with Gasteiger partial charge in [0.15, 0.2) is 5.75 Å². The van der Waals surface area contributed by atoms with Crippen LogP contribution in [0.5, 0.6) is 11.5 Å². The van der Waals surface area contributed by atoms with Gasteiger partial charge in [-0.05, 0) is 33.9 Å². The lowest BCUT2D eigenvalue weighted by atomic mass is 10.1. The Morgan fingerprint density at radius 3 is 2.58 bits per heavy atom. The van der Waals surface area contributed by atoms with E-state index < -0.39 is 0 Å². The molecule has 1 heterocycles. The summed E-state index contributed by atoms with van der Waals surface area (Å²) in [5, 5.41) is 7.51. The van der Waals surface area contributed by atoms with E-state index in [4.69, 9.17) is 4.74 Å². The second-order valence-electron chi connectivity index (χ2n) is 4.90. The maximum absolute atomic E-state index is 5.94. The number of hydrogen-bond donors (Lipinski definition) is 1. The summed E-state index contributed by atoms with van der Waals surface area (Å²) in [5.74, 6) is 1.64. The molecule has 0 saturated carbocycles. The summed E-state index contributed by atoms with van der Waals surface area (Å²) >= 11 is 0. The Bertz CT molecular complexity index is 534. The highest BCUT2D eigenvalue weighted by atomic mass is 16.5. The molecule has 19 heavy (non-hydrogen) atoms. The van der Waals surface area contributed by atoms with Gasteiger partial charge >= 0.3 is 0 Å². The van der Waals surface area contributed by atoms with Crippen molar-refractivity contribution in [3.05, 3.63) is 42.2 Å². The van der Waals surface area contributed by atoms with Crippen molar-refractivity contribution in [1.82, 2.24) is 15.1 Å². The van der Waals surface area contributed by atoms with Crippen molar-refractivity contribution in [2.24, 2.45) is 0 Å². The molecule has 1 aromatic carbocycles. The zero-order valence-electron chi connectivity index (χ0n) is 11.9. The molecule has 0 aliphatic heterocycles. The van der Waals surface area contributed by atoms with Gasteiger partial charge in [-0.2, -0.15) is 5.10 Å². The molecular formula is C15H21N3O. The van der Waals surface area contributed by atoms with Gasteiger partial charge in [0.2, 0.25) is 0 Å². The Morgan fingerprint density at radius 1 is 1.21 bits per heavy atom. The SMILES string of the molecule is CNC(C)c1ccccc1Oc1cnn(C(C)C)c1. The van der Waals surface area contributed by atoms with Gasteiger partial charge < -0.3 is 10.1 Å². The average Bonchev–Trinajstić information content (AvgIpc) is 2.87. The molecule has 2 aromatic rings. The van der Waals surface area contributed by atoms with Crippen LogP contribution in [-0.4, -0.2) is 16.8 Å². The molecule has 1 atom stereocenters. The maximum atomic E-state index is 5.94. The second kappa shape index (κ2) is 5.89. The third-order valence-electron chi connectivity index (χ3n) is 3.15. The van der Waals surface area contributed by atoms with Gasteiger partial charge in [0.1, 0.15) is 5.75 Å². The fraction of sp³-hybridized carbons (Fsp3) is 0.400. The van der Waals surface area contributed by atoms with E-state index in [2.05, 4.69) is 37.3 Å². The van der Waals surface area contributed by atoms with Crippen LogP contribution in [0.25, 0.3) is 0 Å². The van der Waals surface area contributed by atoms with Gasteiger partial charge in [-0.3, -0.25) is 4.68 Å². The summed E-state index contributed by atoms with van der Waals surface area (Å²) < 4.78 is 7.83. The summed E-state index contributed by atoms with van der Waals surface area (Å²) in [5.41, 5.74) is 1.14. The molecule has 1 N–H and O–H groups in total. The van der Waals surface area contributed by atoms with Gasteiger partial charge in [-0.15, -0.1) is 0 Å². The molecule has 0 aliphatic rings. The first-order chi connectivity index (χ1) is 9.11. The Kier molecular flexibility index (Phi) is 4.22. The minimum Gasteiger partial charge on any atom is -0.454 e.